The highest BCUT2D eigenvalue weighted by molar-refractivity contribution is 5.34. The topological polar surface area (TPSA) is 12.0 Å². The fraction of sp³-hybridized carbons (Fsp3) is 0.600. The summed E-state index contributed by atoms with van der Waals surface area (Å²) >= 11 is 0. The molecule has 16 heavy (non-hydrogen) atoms. The highest BCUT2D eigenvalue weighted by atomic mass is 14.9. The average Bonchev–Trinajstić information content (AvgIpc) is 2.28. The van der Waals surface area contributed by atoms with Gasteiger partial charge in [-0.15, -0.1) is 0 Å². The maximum atomic E-state index is 3.42. The molecule has 0 aliphatic carbocycles. The van der Waals surface area contributed by atoms with Crippen LogP contribution in [-0.4, -0.2) is 13.1 Å². The second-order valence-electron chi connectivity index (χ2n) is 4.99. The number of hydrogen-bond donors (Lipinski definition) is 1. The molecule has 1 N–H and O–H groups in total. The SMILES string of the molecule is CCC[C@@](C)(c1ccccc1C)C(C)NC. The summed E-state index contributed by atoms with van der Waals surface area (Å²) in [6, 6.07) is 9.26. The maximum Gasteiger partial charge on any atom is 0.0130 e. The van der Waals surface area contributed by atoms with Crippen LogP contribution in [0.1, 0.15) is 44.7 Å². The van der Waals surface area contributed by atoms with Crippen LogP contribution in [0, 0.1) is 6.92 Å². The van der Waals surface area contributed by atoms with E-state index < -0.39 is 0 Å². The molecule has 0 radical (unpaired) electrons. The Kier molecular flexibility index (Phi) is 4.55. The molecule has 90 valence electrons. The molecule has 0 amide bonds. The summed E-state index contributed by atoms with van der Waals surface area (Å²) in [5.41, 5.74) is 3.12. The summed E-state index contributed by atoms with van der Waals surface area (Å²) in [7, 11) is 2.05. The predicted molar refractivity (Wildman–Crippen MR) is 72.0 cm³/mol. The van der Waals surface area contributed by atoms with Crippen LogP contribution < -0.4 is 5.32 Å². The van der Waals surface area contributed by atoms with E-state index in [1.54, 1.807) is 0 Å². The van der Waals surface area contributed by atoms with Gasteiger partial charge in [-0.05, 0) is 38.4 Å². The summed E-state index contributed by atoms with van der Waals surface area (Å²) in [6.07, 6.45) is 2.44. The first kappa shape index (κ1) is 13.2. The smallest absolute Gasteiger partial charge is 0.0130 e. The molecule has 0 aliphatic heterocycles. The number of aryl methyl sites for hydroxylation is 1. The lowest BCUT2D eigenvalue weighted by molar-refractivity contribution is 0.324. The minimum atomic E-state index is 0.231. The Labute approximate surface area is 100 Å². The standard InChI is InChI=1S/C15H25N/c1-6-11-15(4,13(3)16-5)14-10-8-7-9-12(14)2/h7-10,13,16H,6,11H2,1-5H3/t13?,15-/m1/s1. The van der Waals surface area contributed by atoms with Crippen molar-refractivity contribution in [1.29, 1.82) is 0 Å². The van der Waals surface area contributed by atoms with Gasteiger partial charge in [-0.1, -0.05) is 44.5 Å². The molecule has 0 saturated carbocycles. The van der Waals surface area contributed by atoms with Crippen molar-refractivity contribution < 1.29 is 0 Å². The molecular weight excluding hydrogens is 194 g/mol. The van der Waals surface area contributed by atoms with Crippen molar-refractivity contribution in [3.63, 3.8) is 0 Å². The van der Waals surface area contributed by atoms with Gasteiger partial charge in [0, 0.05) is 11.5 Å². The molecule has 1 unspecified atom stereocenters. The Balaban J connectivity index is 3.16. The lowest BCUT2D eigenvalue weighted by Gasteiger charge is -2.37. The number of hydrogen-bond acceptors (Lipinski definition) is 1. The number of likely N-dealkylation sites (N-methyl/N-ethyl adjacent to an activating group) is 1. The third-order valence-electron chi connectivity index (χ3n) is 3.92. The van der Waals surface area contributed by atoms with Crippen molar-refractivity contribution in [2.45, 2.75) is 52.0 Å². The van der Waals surface area contributed by atoms with Crippen LogP contribution in [0.3, 0.4) is 0 Å². The minimum Gasteiger partial charge on any atom is -0.316 e. The van der Waals surface area contributed by atoms with Gasteiger partial charge in [0.05, 0.1) is 0 Å². The zero-order chi connectivity index (χ0) is 12.2. The van der Waals surface area contributed by atoms with Crippen molar-refractivity contribution in [2.75, 3.05) is 7.05 Å². The molecule has 1 aromatic rings. The zero-order valence-electron chi connectivity index (χ0n) is 11.3. The Morgan fingerprint density at radius 1 is 1.31 bits per heavy atom. The monoisotopic (exact) mass is 219 g/mol. The van der Waals surface area contributed by atoms with Gasteiger partial charge in [-0.2, -0.15) is 0 Å². The Bertz CT molecular complexity index is 332. The van der Waals surface area contributed by atoms with E-state index in [9.17, 15) is 0 Å². The fourth-order valence-corrected chi connectivity index (χ4v) is 2.64. The molecule has 0 spiro atoms. The summed E-state index contributed by atoms with van der Waals surface area (Å²) < 4.78 is 0. The molecule has 1 rings (SSSR count). The van der Waals surface area contributed by atoms with Crippen LogP contribution in [0.5, 0.6) is 0 Å². The Morgan fingerprint density at radius 2 is 1.94 bits per heavy atom. The van der Waals surface area contributed by atoms with Crippen LogP contribution in [-0.2, 0) is 5.41 Å². The maximum absolute atomic E-state index is 3.42. The fourth-order valence-electron chi connectivity index (χ4n) is 2.64. The minimum absolute atomic E-state index is 0.231. The number of nitrogens with one attached hydrogen (secondary N) is 1. The van der Waals surface area contributed by atoms with Crippen molar-refractivity contribution in [3.8, 4) is 0 Å². The molecular formula is C15H25N. The van der Waals surface area contributed by atoms with Crippen LogP contribution in [0.2, 0.25) is 0 Å². The molecule has 1 nitrogen and oxygen atoms in total. The highest BCUT2D eigenvalue weighted by Crippen LogP contribution is 2.34. The van der Waals surface area contributed by atoms with Gasteiger partial charge < -0.3 is 5.32 Å². The third-order valence-corrected chi connectivity index (χ3v) is 3.92. The van der Waals surface area contributed by atoms with Gasteiger partial charge in [0.15, 0.2) is 0 Å². The Hall–Kier alpha value is -0.820. The van der Waals surface area contributed by atoms with Gasteiger partial charge in [-0.3, -0.25) is 0 Å². The van der Waals surface area contributed by atoms with E-state index in [1.807, 2.05) is 0 Å². The van der Waals surface area contributed by atoms with Crippen LogP contribution in [0.4, 0.5) is 0 Å². The van der Waals surface area contributed by atoms with E-state index in [4.69, 9.17) is 0 Å². The van der Waals surface area contributed by atoms with Crippen molar-refractivity contribution in [2.24, 2.45) is 0 Å². The molecule has 0 fully saturated rings. The van der Waals surface area contributed by atoms with Crippen LogP contribution in [0.25, 0.3) is 0 Å². The van der Waals surface area contributed by atoms with Gasteiger partial charge >= 0.3 is 0 Å². The molecule has 0 aromatic heterocycles. The van der Waals surface area contributed by atoms with Gasteiger partial charge in [0.2, 0.25) is 0 Å². The molecule has 1 aromatic carbocycles. The summed E-state index contributed by atoms with van der Waals surface area (Å²) in [6.45, 7) is 9.13. The van der Waals surface area contributed by atoms with Crippen molar-refractivity contribution in [1.82, 2.24) is 5.32 Å². The lowest BCUT2D eigenvalue weighted by atomic mass is 9.72. The van der Waals surface area contributed by atoms with Gasteiger partial charge in [0.1, 0.15) is 0 Å². The number of benzene rings is 1. The normalized spacial score (nSPS) is 16.8. The predicted octanol–water partition coefficient (Wildman–Crippen LogP) is 3.66. The second-order valence-corrected chi connectivity index (χ2v) is 4.99. The molecule has 1 heteroatoms. The molecule has 0 aliphatic rings. The van der Waals surface area contributed by atoms with E-state index in [0.29, 0.717) is 6.04 Å². The van der Waals surface area contributed by atoms with E-state index in [1.165, 1.54) is 24.0 Å². The molecule has 0 heterocycles. The highest BCUT2D eigenvalue weighted by Gasteiger charge is 2.32. The zero-order valence-corrected chi connectivity index (χ0v) is 11.3. The second kappa shape index (κ2) is 5.49. The summed E-state index contributed by atoms with van der Waals surface area (Å²) in [5, 5.41) is 3.42. The van der Waals surface area contributed by atoms with Crippen LogP contribution in [0.15, 0.2) is 24.3 Å². The summed E-state index contributed by atoms with van der Waals surface area (Å²) in [5.74, 6) is 0. The number of rotatable bonds is 5. The summed E-state index contributed by atoms with van der Waals surface area (Å²) in [4.78, 5) is 0. The average molecular weight is 219 g/mol. The van der Waals surface area contributed by atoms with E-state index >= 15 is 0 Å². The van der Waals surface area contributed by atoms with Gasteiger partial charge in [-0.25, -0.2) is 0 Å². The van der Waals surface area contributed by atoms with E-state index in [2.05, 4.69) is 64.3 Å². The lowest BCUT2D eigenvalue weighted by Crippen LogP contribution is -2.43. The molecule has 0 bridgehead atoms. The van der Waals surface area contributed by atoms with Crippen molar-refractivity contribution in [3.05, 3.63) is 35.4 Å². The van der Waals surface area contributed by atoms with Crippen molar-refractivity contribution >= 4 is 0 Å². The Morgan fingerprint density at radius 3 is 2.44 bits per heavy atom. The molecule has 0 saturated heterocycles. The van der Waals surface area contributed by atoms with Crippen LogP contribution >= 0.6 is 0 Å². The van der Waals surface area contributed by atoms with Gasteiger partial charge in [0.25, 0.3) is 0 Å². The van der Waals surface area contributed by atoms with E-state index in [0.717, 1.165) is 0 Å². The molecule has 2 atom stereocenters. The van der Waals surface area contributed by atoms with E-state index in [-0.39, 0.29) is 5.41 Å². The third kappa shape index (κ3) is 2.46. The first-order valence-corrected chi connectivity index (χ1v) is 6.29. The first-order valence-electron chi connectivity index (χ1n) is 6.29. The quantitative estimate of drug-likeness (QED) is 0.797. The largest absolute Gasteiger partial charge is 0.316 e. The first-order chi connectivity index (χ1) is 7.56.